The van der Waals surface area contributed by atoms with Crippen LogP contribution in [0.25, 0.3) is 0 Å². The van der Waals surface area contributed by atoms with Crippen LogP contribution in [0, 0.1) is 0 Å². The van der Waals surface area contributed by atoms with Gasteiger partial charge in [0.25, 0.3) is 0 Å². The molecule has 0 bridgehead atoms. The van der Waals surface area contributed by atoms with E-state index in [-0.39, 0.29) is 21.7 Å². The first-order chi connectivity index (χ1) is 2.27. The molecule has 0 N–H and O–H groups in total. The van der Waals surface area contributed by atoms with Gasteiger partial charge in [0.05, 0.1) is 0 Å². The summed E-state index contributed by atoms with van der Waals surface area (Å²) in [4.78, 5) is 9.14. The van der Waals surface area contributed by atoms with Crippen molar-refractivity contribution in [1.82, 2.24) is 0 Å². The molecule has 2 nitrogen and oxygen atoms in total. The first-order valence-corrected chi connectivity index (χ1v) is 1.11. The van der Waals surface area contributed by atoms with E-state index in [1.54, 1.807) is 0 Å². The number of carbonyl (C=O) groups is 1. The summed E-state index contributed by atoms with van der Waals surface area (Å²) in [6.07, 6.45) is 0.722. The smallest absolute Gasteiger partial charge is 0.242 e. The van der Waals surface area contributed by atoms with E-state index in [2.05, 4.69) is 6.58 Å². The number of hydrogen-bond acceptors (Lipinski definition) is 1. The maximum Gasteiger partial charge on any atom is 0.378 e. The zero-order chi connectivity index (χ0) is 4.28. The van der Waals surface area contributed by atoms with Crippen molar-refractivity contribution in [3.63, 3.8) is 0 Å². The third-order valence-corrected chi connectivity index (χ3v) is 0.167. The van der Waals surface area contributed by atoms with Crippen LogP contribution in [0.5, 0.6) is 0 Å². The summed E-state index contributed by atoms with van der Waals surface area (Å²) < 4.78 is 0. The molecule has 31 valence electrons. The van der Waals surface area contributed by atoms with Crippen molar-refractivity contribution in [1.29, 1.82) is 0 Å². The normalized spacial score (nSPS) is 5.33. The van der Waals surface area contributed by atoms with Crippen LogP contribution in [0.4, 0.5) is 0 Å². The minimum atomic E-state index is -1.23. The van der Waals surface area contributed by atoms with Gasteiger partial charge in [-0.3, -0.25) is 0 Å². The van der Waals surface area contributed by atoms with E-state index >= 15 is 0 Å². The Kier molecular flexibility index (Phi) is 7.66. The molecule has 0 amide bonds. The standard InChI is InChI=1S/C3H3O2.Ti/c1-2-3(4)5;/h2H,1H2;. The zero-order valence-electron chi connectivity index (χ0n) is 3.10. The molecular formula is C3H3O2Ti. The van der Waals surface area contributed by atoms with Crippen LogP contribution in [0.3, 0.4) is 0 Å². The van der Waals surface area contributed by atoms with E-state index in [9.17, 15) is 0 Å². The molecule has 0 aromatic carbocycles. The third-order valence-electron chi connectivity index (χ3n) is 0.167. The Labute approximate surface area is 50.7 Å². The van der Waals surface area contributed by atoms with Crippen LogP contribution in [0.2, 0.25) is 0 Å². The van der Waals surface area contributed by atoms with E-state index in [0.29, 0.717) is 0 Å². The predicted molar refractivity (Wildman–Crippen MR) is 15.9 cm³/mol. The summed E-state index contributed by atoms with van der Waals surface area (Å²) in [7, 11) is 0. The first kappa shape index (κ1) is 9.33. The monoisotopic (exact) mass is 119 g/mol. The molecule has 0 atom stereocenters. The summed E-state index contributed by atoms with van der Waals surface area (Å²) in [5, 5.41) is 9.14. The van der Waals surface area contributed by atoms with Gasteiger partial charge in [-0.2, -0.15) is 0 Å². The van der Waals surface area contributed by atoms with E-state index < -0.39 is 5.97 Å². The average Bonchev–Trinajstić information content (AvgIpc) is 1.38. The van der Waals surface area contributed by atoms with Gasteiger partial charge < -0.3 is 0 Å². The van der Waals surface area contributed by atoms with Crippen LogP contribution in [-0.2, 0) is 31.6 Å². The van der Waals surface area contributed by atoms with Gasteiger partial charge in [0.15, 0.2) is 0 Å². The second kappa shape index (κ2) is 4.92. The van der Waals surface area contributed by atoms with Crippen molar-refractivity contribution < 1.29 is 31.6 Å². The van der Waals surface area contributed by atoms with Gasteiger partial charge >= 0.3 is 5.97 Å². The molecule has 0 aromatic heterocycles. The summed E-state index contributed by atoms with van der Waals surface area (Å²) in [5.74, 6) is -1.23. The molecule has 0 aromatic rings. The molecule has 0 rings (SSSR count). The van der Waals surface area contributed by atoms with E-state index in [1.807, 2.05) is 0 Å². The molecular weight excluding hydrogens is 116 g/mol. The fourth-order valence-corrected chi connectivity index (χ4v) is 0. The Morgan fingerprint density at radius 3 is 1.83 bits per heavy atom. The fourth-order valence-electron chi connectivity index (χ4n) is 0. The van der Waals surface area contributed by atoms with Gasteiger partial charge in [-0.25, -0.2) is 9.90 Å². The Morgan fingerprint density at radius 1 is 1.67 bits per heavy atom. The molecule has 0 aliphatic carbocycles. The Bertz CT molecular complexity index is 59.8. The van der Waals surface area contributed by atoms with Crippen molar-refractivity contribution >= 4 is 5.97 Å². The Hall–Kier alpha value is -0.0757. The van der Waals surface area contributed by atoms with Gasteiger partial charge in [0.1, 0.15) is 0 Å². The fraction of sp³-hybridized carbons (Fsp3) is 0. The van der Waals surface area contributed by atoms with Crippen molar-refractivity contribution in [3.05, 3.63) is 12.7 Å². The molecule has 0 aliphatic heterocycles. The summed E-state index contributed by atoms with van der Waals surface area (Å²) in [6.45, 7) is 2.90. The molecule has 0 spiro atoms. The topological polar surface area (TPSA) is 37.0 Å². The summed E-state index contributed by atoms with van der Waals surface area (Å²) in [6, 6.07) is 0. The number of hydrogen-bond donors (Lipinski definition) is 0. The molecule has 1 radical (unpaired) electrons. The van der Waals surface area contributed by atoms with Crippen molar-refractivity contribution in [2.45, 2.75) is 0 Å². The van der Waals surface area contributed by atoms with E-state index in [1.165, 1.54) is 0 Å². The second-order valence-corrected chi connectivity index (χ2v) is 0.523. The SMILES string of the molecule is C=CC([O])=O.[Ti]. The van der Waals surface area contributed by atoms with Crippen molar-refractivity contribution in [3.8, 4) is 0 Å². The van der Waals surface area contributed by atoms with Gasteiger partial charge in [-0.15, -0.1) is 0 Å². The molecule has 0 fully saturated rings. The first-order valence-electron chi connectivity index (χ1n) is 1.11. The Balaban J connectivity index is 0. The molecule has 0 unspecified atom stereocenters. The van der Waals surface area contributed by atoms with Gasteiger partial charge in [0, 0.05) is 27.8 Å². The van der Waals surface area contributed by atoms with E-state index in [0.717, 1.165) is 6.08 Å². The van der Waals surface area contributed by atoms with Gasteiger partial charge in [0.2, 0.25) is 0 Å². The predicted octanol–water partition coefficient (Wildman–Crippen LogP) is 0.127. The molecule has 6 heavy (non-hydrogen) atoms. The van der Waals surface area contributed by atoms with Crippen LogP contribution >= 0.6 is 0 Å². The maximum atomic E-state index is 9.14. The van der Waals surface area contributed by atoms with Crippen LogP contribution < -0.4 is 0 Å². The van der Waals surface area contributed by atoms with Crippen molar-refractivity contribution in [2.24, 2.45) is 0 Å². The van der Waals surface area contributed by atoms with Gasteiger partial charge in [-0.05, 0) is 0 Å². The summed E-state index contributed by atoms with van der Waals surface area (Å²) >= 11 is 0. The third kappa shape index (κ3) is 9.06. The largest absolute Gasteiger partial charge is 0.378 e. The van der Waals surface area contributed by atoms with Crippen LogP contribution in [-0.4, -0.2) is 5.97 Å². The molecule has 0 saturated carbocycles. The molecule has 0 aliphatic rings. The molecule has 0 saturated heterocycles. The molecule has 0 heterocycles. The Morgan fingerprint density at radius 2 is 1.83 bits per heavy atom. The van der Waals surface area contributed by atoms with Gasteiger partial charge in [-0.1, -0.05) is 6.58 Å². The molecule has 3 heteroatoms. The zero-order valence-corrected chi connectivity index (χ0v) is 4.66. The average molecular weight is 119 g/mol. The van der Waals surface area contributed by atoms with Crippen molar-refractivity contribution in [2.75, 3.05) is 0 Å². The van der Waals surface area contributed by atoms with Crippen LogP contribution in [0.1, 0.15) is 0 Å². The minimum Gasteiger partial charge on any atom is -0.242 e. The second-order valence-electron chi connectivity index (χ2n) is 0.523. The summed E-state index contributed by atoms with van der Waals surface area (Å²) in [5.41, 5.74) is 0. The number of carbonyl (C=O) groups excluding carboxylic acids is 1. The van der Waals surface area contributed by atoms with E-state index in [4.69, 9.17) is 9.90 Å². The maximum absolute atomic E-state index is 9.14. The van der Waals surface area contributed by atoms with Crippen LogP contribution in [0.15, 0.2) is 12.7 Å². The number of rotatable bonds is 1. The minimum absolute atomic E-state index is 0. The quantitative estimate of drug-likeness (QED) is 0.357.